The van der Waals surface area contributed by atoms with Crippen LogP contribution in [-0.4, -0.2) is 13.7 Å². The van der Waals surface area contributed by atoms with Crippen molar-refractivity contribution in [2.24, 2.45) is 5.73 Å². The molecule has 0 atom stereocenters. The van der Waals surface area contributed by atoms with E-state index in [9.17, 15) is 0 Å². The maximum Gasteiger partial charge on any atom is 0.172 e. The van der Waals surface area contributed by atoms with Gasteiger partial charge < -0.3 is 15.2 Å². The van der Waals surface area contributed by atoms with E-state index in [1.165, 1.54) is 6.42 Å². The van der Waals surface area contributed by atoms with Crippen LogP contribution in [0, 0.1) is 5.82 Å². The van der Waals surface area contributed by atoms with Crippen molar-refractivity contribution < 1.29 is 13.9 Å². The molecule has 0 saturated heterocycles. The number of halogens is 1. The second kappa shape index (κ2) is 7.87. The third-order valence-corrected chi connectivity index (χ3v) is 5.26. The average molecular weight is 343 g/mol. The minimum atomic E-state index is -0.361. The average Bonchev–Trinajstić information content (AvgIpc) is 2.68. The van der Waals surface area contributed by atoms with Gasteiger partial charge in [0.15, 0.2) is 11.6 Å². The Labute approximate surface area is 148 Å². The minimum Gasteiger partial charge on any atom is -0.496 e. The summed E-state index contributed by atoms with van der Waals surface area (Å²) in [5.41, 5.74) is 7.34. The van der Waals surface area contributed by atoms with Crippen molar-refractivity contribution in [1.29, 1.82) is 0 Å². The largest absolute Gasteiger partial charge is 0.496 e. The Kier molecular flexibility index (Phi) is 5.59. The highest BCUT2D eigenvalue weighted by Gasteiger charge is 2.38. The molecule has 4 heteroatoms. The van der Waals surface area contributed by atoms with Gasteiger partial charge in [0.2, 0.25) is 0 Å². The van der Waals surface area contributed by atoms with Gasteiger partial charge in [-0.3, -0.25) is 0 Å². The smallest absolute Gasteiger partial charge is 0.172 e. The number of methoxy groups -OCH3 is 1. The summed E-state index contributed by atoms with van der Waals surface area (Å²) < 4.78 is 26.6. The van der Waals surface area contributed by atoms with Crippen molar-refractivity contribution in [3.63, 3.8) is 0 Å². The van der Waals surface area contributed by atoms with Crippen molar-refractivity contribution in [3.05, 3.63) is 59.4 Å². The lowest BCUT2D eigenvalue weighted by atomic mass is 9.69. The van der Waals surface area contributed by atoms with Crippen LogP contribution < -0.4 is 15.2 Å². The Balaban J connectivity index is 1.93. The van der Waals surface area contributed by atoms with Gasteiger partial charge in [0.05, 0.1) is 7.11 Å². The first-order valence-electron chi connectivity index (χ1n) is 8.94. The van der Waals surface area contributed by atoms with E-state index < -0.39 is 0 Å². The van der Waals surface area contributed by atoms with E-state index in [2.05, 4.69) is 0 Å². The number of hydrogen-bond acceptors (Lipinski definition) is 3. The Bertz CT molecular complexity index is 697. The lowest BCUT2D eigenvalue weighted by molar-refractivity contribution is 0.259. The zero-order valence-corrected chi connectivity index (χ0v) is 14.8. The zero-order valence-electron chi connectivity index (χ0n) is 14.8. The summed E-state index contributed by atoms with van der Waals surface area (Å²) in [7, 11) is 1.58. The molecule has 0 unspecified atom stereocenters. The molecule has 2 aromatic carbocycles. The number of rotatable bonds is 6. The third kappa shape index (κ3) is 3.64. The highest BCUT2D eigenvalue weighted by Crippen LogP contribution is 2.45. The van der Waals surface area contributed by atoms with Gasteiger partial charge in [-0.1, -0.05) is 49.6 Å². The van der Waals surface area contributed by atoms with Gasteiger partial charge in [-0.2, -0.15) is 0 Å². The van der Waals surface area contributed by atoms with Crippen LogP contribution in [0.4, 0.5) is 4.39 Å². The Morgan fingerprint density at radius 2 is 1.68 bits per heavy atom. The molecule has 134 valence electrons. The molecule has 1 saturated carbocycles. The van der Waals surface area contributed by atoms with Gasteiger partial charge in [-0.15, -0.1) is 0 Å². The lowest BCUT2D eigenvalue weighted by Gasteiger charge is -2.38. The fourth-order valence-corrected chi connectivity index (χ4v) is 3.84. The van der Waals surface area contributed by atoms with Crippen molar-refractivity contribution in [2.75, 3.05) is 13.7 Å². The summed E-state index contributed by atoms with van der Waals surface area (Å²) in [5.74, 6) is 0.498. The molecule has 25 heavy (non-hydrogen) atoms. The van der Waals surface area contributed by atoms with Crippen LogP contribution in [-0.2, 0) is 12.0 Å². The molecule has 1 aliphatic rings. The molecule has 0 aromatic heterocycles. The molecule has 1 aliphatic carbocycles. The van der Waals surface area contributed by atoms with E-state index in [1.807, 2.05) is 30.3 Å². The molecule has 2 N–H and O–H groups in total. The van der Waals surface area contributed by atoms with E-state index >= 15 is 4.39 Å². The van der Waals surface area contributed by atoms with Crippen LogP contribution in [0.15, 0.2) is 42.5 Å². The second-order valence-electron chi connectivity index (χ2n) is 6.77. The molecule has 3 rings (SSSR count). The van der Waals surface area contributed by atoms with Crippen LogP contribution in [0.3, 0.4) is 0 Å². The van der Waals surface area contributed by atoms with Gasteiger partial charge in [0.1, 0.15) is 12.4 Å². The molecule has 0 radical (unpaired) electrons. The van der Waals surface area contributed by atoms with Crippen molar-refractivity contribution in [1.82, 2.24) is 0 Å². The number of benzene rings is 2. The highest BCUT2D eigenvalue weighted by molar-refractivity contribution is 5.47. The molecule has 0 amide bonds. The van der Waals surface area contributed by atoms with E-state index in [0.29, 0.717) is 24.5 Å². The van der Waals surface area contributed by atoms with Crippen LogP contribution in [0.25, 0.3) is 0 Å². The first-order valence-corrected chi connectivity index (χ1v) is 8.94. The minimum absolute atomic E-state index is 0.262. The lowest BCUT2D eigenvalue weighted by Crippen LogP contribution is -2.38. The van der Waals surface area contributed by atoms with Crippen LogP contribution in [0.1, 0.15) is 43.2 Å². The van der Waals surface area contributed by atoms with Crippen molar-refractivity contribution in [3.8, 4) is 11.5 Å². The van der Waals surface area contributed by atoms with Crippen LogP contribution in [0.5, 0.6) is 11.5 Å². The molecule has 0 spiro atoms. The molecular formula is C21H26FNO2. The SMILES string of the molecule is COc1ccc(OCc2ccccc2)c(F)c1C1(CN)CCCCC1. The predicted molar refractivity (Wildman–Crippen MR) is 97.5 cm³/mol. The zero-order chi connectivity index (χ0) is 17.7. The standard InChI is InChI=1S/C21H26FNO2/c1-24-17-10-11-18(25-14-16-8-4-2-5-9-16)20(22)19(17)21(15-23)12-6-3-7-13-21/h2,4-5,8-11H,3,6-7,12-15,23H2,1H3. The highest BCUT2D eigenvalue weighted by atomic mass is 19.1. The maximum atomic E-state index is 15.4. The van der Waals surface area contributed by atoms with Gasteiger partial charge in [0.25, 0.3) is 0 Å². The second-order valence-corrected chi connectivity index (χ2v) is 6.77. The Morgan fingerprint density at radius 3 is 2.32 bits per heavy atom. The van der Waals surface area contributed by atoms with Gasteiger partial charge in [0, 0.05) is 17.5 Å². The van der Waals surface area contributed by atoms with Crippen LogP contribution >= 0.6 is 0 Å². The maximum absolute atomic E-state index is 15.4. The monoisotopic (exact) mass is 343 g/mol. The predicted octanol–water partition coefficient (Wildman–Crippen LogP) is 4.57. The molecule has 0 heterocycles. The number of nitrogens with two attached hydrogens (primary N) is 1. The van der Waals surface area contributed by atoms with Crippen LogP contribution in [0.2, 0.25) is 0 Å². The molecule has 2 aromatic rings. The Hall–Kier alpha value is -2.07. The third-order valence-electron chi connectivity index (χ3n) is 5.26. The van der Waals surface area contributed by atoms with E-state index in [-0.39, 0.29) is 17.0 Å². The van der Waals surface area contributed by atoms with E-state index in [1.54, 1.807) is 19.2 Å². The molecule has 1 fully saturated rings. The summed E-state index contributed by atoms with van der Waals surface area (Å²) in [6, 6.07) is 13.2. The van der Waals surface area contributed by atoms with E-state index in [4.69, 9.17) is 15.2 Å². The number of ether oxygens (including phenoxy) is 2. The summed E-state index contributed by atoms with van der Waals surface area (Å²) in [6.07, 6.45) is 5.08. The van der Waals surface area contributed by atoms with Gasteiger partial charge >= 0.3 is 0 Å². The summed E-state index contributed by atoms with van der Waals surface area (Å²) in [6.45, 7) is 0.752. The fourth-order valence-electron chi connectivity index (χ4n) is 3.84. The molecular weight excluding hydrogens is 317 g/mol. The number of hydrogen-bond donors (Lipinski definition) is 1. The normalized spacial score (nSPS) is 16.4. The summed E-state index contributed by atoms with van der Waals surface area (Å²) in [5, 5.41) is 0. The fraction of sp³-hybridized carbons (Fsp3) is 0.429. The van der Waals surface area contributed by atoms with Gasteiger partial charge in [-0.25, -0.2) is 4.39 Å². The van der Waals surface area contributed by atoms with Crippen molar-refractivity contribution >= 4 is 0 Å². The van der Waals surface area contributed by atoms with E-state index in [0.717, 1.165) is 31.2 Å². The molecule has 3 nitrogen and oxygen atoms in total. The molecule has 0 aliphatic heterocycles. The molecule has 0 bridgehead atoms. The first kappa shape index (κ1) is 17.7. The summed E-state index contributed by atoms with van der Waals surface area (Å²) in [4.78, 5) is 0. The Morgan fingerprint density at radius 1 is 1.00 bits per heavy atom. The topological polar surface area (TPSA) is 44.5 Å². The quantitative estimate of drug-likeness (QED) is 0.835. The van der Waals surface area contributed by atoms with Crippen molar-refractivity contribution in [2.45, 2.75) is 44.1 Å². The first-order chi connectivity index (χ1) is 12.2. The summed E-state index contributed by atoms with van der Waals surface area (Å²) >= 11 is 0. The van der Waals surface area contributed by atoms with Gasteiger partial charge in [-0.05, 0) is 30.5 Å².